The molecule has 0 bridgehead atoms. The number of benzene rings is 2. The number of hydrogen-bond acceptors (Lipinski definition) is 4. The van der Waals surface area contributed by atoms with Gasteiger partial charge in [0.05, 0.1) is 5.41 Å². The van der Waals surface area contributed by atoms with E-state index in [1.165, 1.54) is 11.1 Å². The van der Waals surface area contributed by atoms with Crippen LogP contribution >= 0.6 is 0 Å². The van der Waals surface area contributed by atoms with E-state index in [0.29, 0.717) is 19.4 Å². The molecule has 0 saturated heterocycles. The topological polar surface area (TPSA) is 105 Å². The zero-order chi connectivity index (χ0) is 25.1. The summed E-state index contributed by atoms with van der Waals surface area (Å²) in [7, 11) is 0. The molecule has 0 spiro atoms. The van der Waals surface area contributed by atoms with E-state index in [0.717, 1.165) is 24.0 Å². The van der Waals surface area contributed by atoms with E-state index in [9.17, 15) is 14.4 Å². The summed E-state index contributed by atoms with van der Waals surface area (Å²) in [4.78, 5) is 36.0. The number of carbonyl (C=O) groups excluding carboxylic acids is 2. The summed E-state index contributed by atoms with van der Waals surface area (Å²) in [5, 5.41) is 14.6. The first kappa shape index (κ1) is 24.8. The fraction of sp³-hybridized carbons (Fsp3) is 0.464. The summed E-state index contributed by atoms with van der Waals surface area (Å²) in [5.41, 5.74) is 3.93. The van der Waals surface area contributed by atoms with Crippen LogP contribution in [0.1, 0.15) is 63.0 Å². The molecule has 2 aromatic rings. The second kappa shape index (κ2) is 10.1. The van der Waals surface area contributed by atoms with Gasteiger partial charge in [-0.3, -0.25) is 9.59 Å². The molecule has 3 N–H and O–H groups in total. The van der Waals surface area contributed by atoms with Gasteiger partial charge in [0.15, 0.2) is 0 Å². The Bertz CT molecular complexity index is 1060. The molecule has 7 heteroatoms. The normalized spacial score (nSPS) is 15.6. The van der Waals surface area contributed by atoms with Crippen LogP contribution in [-0.4, -0.2) is 42.8 Å². The van der Waals surface area contributed by atoms with Gasteiger partial charge in [0.25, 0.3) is 0 Å². The van der Waals surface area contributed by atoms with Crippen LogP contribution in [-0.2, 0) is 14.3 Å². The third-order valence-corrected chi connectivity index (χ3v) is 7.35. The van der Waals surface area contributed by atoms with Gasteiger partial charge in [0, 0.05) is 25.4 Å². The zero-order valence-electron chi connectivity index (χ0n) is 20.4. The average molecular weight is 479 g/mol. The largest absolute Gasteiger partial charge is 0.481 e. The maximum Gasteiger partial charge on any atom is 0.407 e. The lowest BCUT2D eigenvalue weighted by atomic mass is 9.84. The van der Waals surface area contributed by atoms with Crippen molar-refractivity contribution in [3.8, 4) is 11.1 Å². The molecule has 2 amide bonds. The molecule has 0 heterocycles. The minimum atomic E-state index is -0.807. The summed E-state index contributed by atoms with van der Waals surface area (Å²) in [6.07, 6.45) is 2.32. The van der Waals surface area contributed by atoms with Crippen molar-refractivity contribution in [2.24, 2.45) is 10.8 Å². The zero-order valence-corrected chi connectivity index (χ0v) is 20.4. The Hall–Kier alpha value is -3.35. The van der Waals surface area contributed by atoms with Gasteiger partial charge in [-0.15, -0.1) is 0 Å². The quantitative estimate of drug-likeness (QED) is 0.434. The first-order valence-corrected chi connectivity index (χ1v) is 12.3. The summed E-state index contributed by atoms with van der Waals surface area (Å²) in [6.45, 7) is 4.99. The average Bonchev–Trinajstić information content (AvgIpc) is 3.57. The van der Waals surface area contributed by atoms with Crippen molar-refractivity contribution in [3.05, 3.63) is 59.7 Å². The van der Waals surface area contributed by atoms with Gasteiger partial charge < -0.3 is 20.5 Å². The van der Waals surface area contributed by atoms with Crippen molar-refractivity contribution in [2.75, 3.05) is 19.7 Å². The predicted octanol–water partition coefficient (Wildman–Crippen LogP) is 4.70. The number of amides is 2. The number of rotatable bonds is 11. The van der Waals surface area contributed by atoms with E-state index in [4.69, 9.17) is 9.84 Å². The van der Waals surface area contributed by atoms with Gasteiger partial charge in [0.2, 0.25) is 5.91 Å². The number of carbonyl (C=O) groups is 3. The van der Waals surface area contributed by atoms with Crippen LogP contribution in [0.4, 0.5) is 4.79 Å². The first-order chi connectivity index (χ1) is 16.7. The van der Waals surface area contributed by atoms with Gasteiger partial charge in [-0.25, -0.2) is 4.79 Å². The lowest BCUT2D eigenvalue weighted by Crippen LogP contribution is -2.41. The van der Waals surface area contributed by atoms with Crippen LogP contribution in [0.5, 0.6) is 0 Å². The molecule has 0 aliphatic heterocycles. The van der Waals surface area contributed by atoms with Crippen molar-refractivity contribution >= 4 is 18.0 Å². The second-order valence-corrected chi connectivity index (χ2v) is 10.5. The maximum atomic E-state index is 12.7. The van der Waals surface area contributed by atoms with Crippen molar-refractivity contribution in [1.82, 2.24) is 10.6 Å². The number of carboxylic acid groups (broad SMARTS) is 1. The highest BCUT2D eigenvalue weighted by molar-refractivity contribution is 5.86. The van der Waals surface area contributed by atoms with Crippen LogP contribution in [0.25, 0.3) is 11.1 Å². The molecular weight excluding hydrogens is 444 g/mol. The molecule has 2 aliphatic rings. The van der Waals surface area contributed by atoms with Crippen molar-refractivity contribution in [3.63, 3.8) is 0 Å². The van der Waals surface area contributed by atoms with Gasteiger partial charge >= 0.3 is 12.1 Å². The van der Waals surface area contributed by atoms with Crippen LogP contribution in [0.2, 0.25) is 0 Å². The predicted molar refractivity (Wildman–Crippen MR) is 133 cm³/mol. The van der Waals surface area contributed by atoms with Crippen LogP contribution < -0.4 is 10.6 Å². The second-order valence-electron chi connectivity index (χ2n) is 10.5. The number of carboxylic acids is 1. The molecule has 1 fully saturated rings. The minimum Gasteiger partial charge on any atom is -0.481 e. The standard InChI is InChI=1S/C28H34N2O5/c1-27(2,12-11-24(31)32)15-16-29-25(33)28(13-14-28)18-30-26(34)35-17-23-21-9-5-3-7-19(21)20-8-4-6-10-22(20)23/h3-10,23H,11-18H2,1-2H3,(H,29,33)(H,30,34)(H,31,32). The molecule has 1 saturated carbocycles. The number of hydrogen-bond donors (Lipinski definition) is 3. The number of fused-ring (bicyclic) bond motifs is 3. The fourth-order valence-corrected chi connectivity index (χ4v) is 4.80. The van der Waals surface area contributed by atoms with E-state index in [2.05, 4.69) is 34.9 Å². The van der Waals surface area contributed by atoms with Crippen molar-refractivity contribution < 1.29 is 24.2 Å². The van der Waals surface area contributed by atoms with E-state index in [-0.39, 0.29) is 36.8 Å². The van der Waals surface area contributed by atoms with Crippen molar-refractivity contribution in [2.45, 2.75) is 51.9 Å². The lowest BCUT2D eigenvalue weighted by molar-refractivity contribution is -0.137. The van der Waals surface area contributed by atoms with E-state index in [1.54, 1.807) is 0 Å². The van der Waals surface area contributed by atoms with Crippen LogP contribution in [0.3, 0.4) is 0 Å². The molecule has 4 rings (SSSR count). The third-order valence-electron chi connectivity index (χ3n) is 7.35. The Kier molecular flexibility index (Phi) is 7.15. The molecule has 35 heavy (non-hydrogen) atoms. The molecule has 2 aliphatic carbocycles. The Morgan fingerprint density at radius 3 is 2.14 bits per heavy atom. The summed E-state index contributed by atoms with van der Waals surface area (Å²) < 4.78 is 5.58. The van der Waals surface area contributed by atoms with Gasteiger partial charge in [-0.1, -0.05) is 62.4 Å². The highest BCUT2D eigenvalue weighted by Crippen LogP contribution is 2.46. The summed E-state index contributed by atoms with van der Waals surface area (Å²) in [5.74, 6) is -0.875. The molecule has 7 nitrogen and oxygen atoms in total. The van der Waals surface area contributed by atoms with Crippen LogP contribution in [0, 0.1) is 10.8 Å². The monoisotopic (exact) mass is 478 g/mol. The van der Waals surface area contributed by atoms with Crippen LogP contribution in [0.15, 0.2) is 48.5 Å². The summed E-state index contributed by atoms with van der Waals surface area (Å²) in [6, 6.07) is 16.4. The highest BCUT2D eigenvalue weighted by atomic mass is 16.5. The van der Waals surface area contributed by atoms with Gasteiger partial charge in [0.1, 0.15) is 6.61 Å². The molecule has 0 radical (unpaired) electrons. The molecule has 0 atom stereocenters. The third kappa shape index (κ3) is 5.84. The van der Waals surface area contributed by atoms with Crippen molar-refractivity contribution in [1.29, 1.82) is 0 Å². The fourth-order valence-electron chi connectivity index (χ4n) is 4.80. The molecule has 0 aromatic heterocycles. The number of ether oxygens (including phenoxy) is 1. The SMILES string of the molecule is CC(C)(CCNC(=O)C1(CNC(=O)OCC2c3ccccc3-c3ccccc32)CC1)CCC(=O)O. The molecule has 0 unspecified atom stereocenters. The number of nitrogens with one attached hydrogen (secondary N) is 2. The number of aliphatic carboxylic acids is 1. The van der Waals surface area contributed by atoms with Gasteiger partial charge in [-0.05, 0) is 53.4 Å². The highest BCUT2D eigenvalue weighted by Gasteiger charge is 2.50. The summed E-state index contributed by atoms with van der Waals surface area (Å²) >= 11 is 0. The van der Waals surface area contributed by atoms with E-state index in [1.807, 2.05) is 38.1 Å². The van der Waals surface area contributed by atoms with E-state index < -0.39 is 17.5 Å². The van der Waals surface area contributed by atoms with Gasteiger partial charge in [-0.2, -0.15) is 0 Å². The first-order valence-electron chi connectivity index (χ1n) is 12.3. The van der Waals surface area contributed by atoms with E-state index >= 15 is 0 Å². The Labute approximate surface area is 206 Å². The number of alkyl carbamates (subject to hydrolysis) is 1. The molecule has 186 valence electrons. The lowest BCUT2D eigenvalue weighted by Gasteiger charge is -2.24. The Balaban J connectivity index is 1.23. The molecular formula is C28H34N2O5. The Morgan fingerprint density at radius 1 is 0.971 bits per heavy atom. The smallest absolute Gasteiger partial charge is 0.407 e. The maximum absolute atomic E-state index is 12.7. The Morgan fingerprint density at radius 2 is 1.57 bits per heavy atom. The molecule has 2 aromatic carbocycles. The minimum absolute atomic E-state index is 0.00387.